The minimum atomic E-state index is -1.14. The first-order chi connectivity index (χ1) is 3.31. The molecule has 1 unspecified atom stereocenters. The molecule has 0 aliphatic rings. The van der Waals surface area contributed by atoms with Crippen LogP contribution in [0.5, 0.6) is 0 Å². The van der Waals surface area contributed by atoms with Crippen molar-refractivity contribution in [3.05, 3.63) is 5.21 Å². The van der Waals surface area contributed by atoms with Crippen LogP contribution in [-0.4, -0.2) is 0 Å². The monoisotopic (exact) mass is 222 g/mol. The van der Waals surface area contributed by atoms with Gasteiger partial charge in [-0.25, -0.2) is 0 Å². The summed E-state index contributed by atoms with van der Waals surface area (Å²) in [7, 11) is 0. The maximum atomic E-state index is 9.91. The van der Waals surface area contributed by atoms with E-state index in [0.717, 1.165) is 0 Å². The van der Waals surface area contributed by atoms with Crippen molar-refractivity contribution >= 4 is 0 Å². The van der Waals surface area contributed by atoms with Gasteiger partial charge in [-0.2, -0.15) is 0 Å². The fourth-order valence-corrected chi connectivity index (χ4v) is 0.366. The Bertz CT molecular complexity index is 41.2. The zero-order chi connectivity index (χ0) is 5.70. The van der Waals surface area contributed by atoms with Gasteiger partial charge in [-0.3, -0.25) is 0 Å². The molecule has 1 atom stereocenters. The van der Waals surface area contributed by atoms with Gasteiger partial charge in [0.25, 0.3) is 0 Å². The van der Waals surface area contributed by atoms with Crippen LogP contribution in [0.3, 0.4) is 0 Å². The fraction of sp³-hybridized carbons (Fsp3) is 0. The van der Waals surface area contributed by atoms with E-state index in [2.05, 4.69) is 19.9 Å². The van der Waals surface area contributed by atoms with Crippen LogP contribution in [0.2, 0.25) is 0 Å². The van der Waals surface area contributed by atoms with E-state index < -0.39 is 25.3 Å². The Morgan fingerprint density at radius 3 is 2.29 bits per heavy atom. The zero-order valence-electron chi connectivity index (χ0n) is 3.26. The first-order valence-corrected chi connectivity index (χ1v) is 3.18. The van der Waals surface area contributed by atoms with E-state index in [9.17, 15) is 5.21 Å². The molecule has 46 valence electrons. The third-order valence-corrected chi connectivity index (χ3v) is 1.07. The molecule has 0 aliphatic heterocycles. The summed E-state index contributed by atoms with van der Waals surface area (Å²) in [6, 6.07) is 0. The van der Waals surface area contributed by atoms with Gasteiger partial charge >= 0.3 is 50.4 Å². The number of nitrogens with two attached hydrogens (primary N) is 2. The quantitative estimate of drug-likeness (QED) is 0.251. The van der Waals surface area contributed by atoms with Crippen molar-refractivity contribution in [2.75, 3.05) is 0 Å². The van der Waals surface area contributed by atoms with Crippen LogP contribution in [0.15, 0.2) is 0 Å². The molecule has 6 nitrogen and oxygen atoms in total. The molecule has 7 heavy (non-hydrogen) atoms. The summed E-state index contributed by atoms with van der Waals surface area (Å²) in [5.41, 5.74) is 0. The summed E-state index contributed by atoms with van der Waals surface area (Å²) in [5.74, 6) is 8.90. The van der Waals surface area contributed by atoms with Crippen molar-refractivity contribution in [2.24, 2.45) is 11.8 Å². The van der Waals surface area contributed by atoms with Gasteiger partial charge < -0.3 is 0 Å². The summed E-state index contributed by atoms with van der Waals surface area (Å²) in [6.45, 7) is 0. The van der Waals surface area contributed by atoms with Gasteiger partial charge in [0, 0.05) is 0 Å². The van der Waals surface area contributed by atoms with E-state index in [1.54, 1.807) is 0 Å². The van der Waals surface area contributed by atoms with Crippen molar-refractivity contribution in [1.29, 1.82) is 0 Å². The molecule has 0 heterocycles. The topological polar surface area (TPSA) is 98.0 Å². The predicted molar refractivity (Wildman–Crippen MR) is 14.9 cm³/mol. The van der Waals surface area contributed by atoms with Gasteiger partial charge in [-0.1, -0.05) is 0 Å². The molecule has 5 N–H and O–H groups in total. The molecular formula is H5IN3O3-. The van der Waals surface area contributed by atoms with Gasteiger partial charge in [0.15, 0.2) is 0 Å². The number of hydrogen-bond donors (Lipinski definition) is 3. The maximum absolute atomic E-state index is 9.91. The van der Waals surface area contributed by atoms with E-state index >= 15 is 0 Å². The van der Waals surface area contributed by atoms with Crippen molar-refractivity contribution in [3.63, 3.8) is 0 Å². The molecule has 0 aromatic carbocycles. The Hall–Kier alpha value is 0.490. The Balaban J connectivity index is 2.83. The Morgan fingerprint density at radius 1 is 1.57 bits per heavy atom. The van der Waals surface area contributed by atoms with Crippen LogP contribution in [-0.2, 0) is 8.11 Å². The van der Waals surface area contributed by atoms with E-state index in [1.165, 1.54) is 0 Å². The van der Waals surface area contributed by atoms with E-state index in [0.29, 0.717) is 0 Å². The summed E-state index contributed by atoms with van der Waals surface area (Å²) in [4.78, 5) is 3.70. The predicted octanol–water partition coefficient (Wildman–Crippen LogP) is -6.02. The van der Waals surface area contributed by atoms with Crippen LogP contribution in [0, 0.1) is 5.21 Å². The molecular weight excluding hydrogens is 217 g/mol. The number of quaternary nitrogens is 1. The van der Waals surface area contributed by atoms with Crippen LogP contribution in [0.1, 0.15) is 0 Å². The summed E-state index contributed by atoms with van der Waals surface area (Å²) in [5, 5.41) is 9.91. The number of hydrogen-bond acceptors (Lipinski definition) is 5. The van der Waals surface area contributed by atoms with Gasteiger partial charge in [0.2, 0.25) is 0 Å². The molecule has 0 radical (unpaired) electrons. The fourth-order valence-electron chi connectivity index (χ4n) is 0.0546. The molecule has 0 saturated heterocycles. The molecule has 0 aliphatic carbocycles. The number of nitrogens with one attached hydrogen (secondary N) is 1. The molecule has 0 rings (SSSR count). The molecule has 0 aromatic heterocycles. The molecule has 0 saturated carbocycles. The summed E-state index contributed by atoms with van der Waals surface area (Å²) in [6.07, 6.45) is 0. The first kappa shape index (κ1) is 7.49. The van der Waals surface area contributed by atoms with E-state index in [4.69, 9.17) is 0 Å². The molecule has 7 heteroatoms. The van der Waals surface area contributed by atoms with Gasteiger partial charge in [-0.15, -0.1) is 0 Å². The average Bonchev–Trinajstić information content (AvgIpc) is 1.68. The van der Waals surface area contributed by atoms with Crippen LogP contribution in [0.25, 0.3) is 0 Å². The molecule has 0 aromatic rings. The second kappa shape index (κ2) is 4.64. The Labute approximate surface area is 50.9 Å². The SMILES string of the molecule is NO[I-][NH+]([O-])ON. The van der Waals surface area contributed by atoms with Gasteiger partial charge in [0.1, 0.15) is 0 Å². The van der Waals surface area contributed by atoms with Crippen LogP contribution < -0.4 is 37.1 Å². The number of rotatable bonds is 3. The Kier molecular flexibility index (Phi) is 4.97. The second-order valence-corrected chi connectivity index (χ2v) is 2.35. The average molecular weight is 222 g/mol. The van der Waals surface area contributed by atoms with Crippen LogP contribution in [0.4, 0.5) is 0 Å². The minimum absolute atomic E-state index is 0.582. The molecule has 0 amide bonds. The van der Waals surface area contributed by atoms with Crippen molar-refractivity contribution in [3.8, 4) is 0 Å². The van der Waals surface area contributed by atoms with Crippen molar-refractivity contribution in [2.45, 2.75) is 0 Å². The summed E-state index contributed by atoms with van der Waals surface area (Å²) >= 11 is -1.14. The zero-order valence-corrected chi connectivity index (χ0v) is 5.41. The van der Waals surface area contributed by atoms with Gasteiger partial charge in [-0.05, 0) is 0 Å². The van der Waals surface area contributed by atoms with Gasteiger partial charge in [0.05, 0.1) is 0 Å². The molecule has 0 fully saturated rings. The first-order valence-electron chi connectivity index (χ1n) is 1.22. The third-order valence-electron chi connectivity index (χ3n) is 0.200. The van der Waals surface area contributed by atoms with E-state index in [1.807, 2.05) is 0 Å². The normalized spacial score (nSPS) is 14.7. The molecule has 0 bridgehead atoms. The Morgan fingerprint density at radius 2 is 2.14 bits per heavy atom. The molecule has 0 spiro atoms. The van der Waals surface area contributed by atoms with Crippen molar-refractivity contribution in [1.82, 2.24) is 0 Å². The third kappa shape index (κ3) is 4.34. The second-order valence-electron chi connectivity index (χ2n) is 0.522. The van der Waals surface area contributed by atoms with Crippen molar-refractivity contribution < 1.29 is 33.4 Å². The standard InChI is InChI=1S/H5IN3O3/c2-6-1-4(5)7-3/h4H,2-3H2/q-1. The summed E-state index contributed by atoms with van der Waals surface area (Å²) < 4.78 is 3.37. The van der Waals surface area contributed by atoms with Crippen LogP contribution >= 0.6 is 0 Å². The number of halogens is 1. The van der Waals surface area contributed by atoms with E-state index in [-0.39, 0.29) is 0 Å².